The maximum absolute atomic E-state index is 12.3. The van der Waals surface area contributed by atoms with Crippen LogP contribution in [0.2, 0.25) is 0 Å². The fourth-order valence-electron chi connectivity index (χ4n) is 2.75. The van der Waals surface area contributed by atoms with Crippen LogP contribution in [0.4, 0.5) is 4.79 Å². The average Bonchev–Trinajstić information content (AvgIpc) is 2.88. The summed E-state index contributed by atoms with van der Waals surface area (Å²) in [6, 6.07) is 8.72. The summed E-state index contributed by atoms with van der Waals surface area (Å²) < 4.78 is 5.05. The Labute approximate surface area is 136 Å². The van der Waals surface area contributed by atoms with Crippen LogP contribution < -0.4 is 5.32 Å². The highest BCUT2D eigenvalue weighted by atomic mass is 16.5. The van der Waals surface area contributed by atoms with Gasteiger partial charge in [0.25, 0.3) is 0 Å². The van der Waals surface area contributed by atoms with Crippen molar-refractivity contribution >= 4 is 12.0 Å². The minimum absolute atomic E-state index is 0.107. The molecule has 2 rings (SSSR count). The van der Waals surface area contributed by atoms with E-state index < -0.39 is 24.1 Å². The second-order valence-corrected chi connectivity index (χ2v) is 6.78. The lowest BCUT2D eigenvalue weighted by molar-refractivity contribution is -0.126. The lowest BCUT2D eigenvalue weighted by Crippen LogP contribution is -2.52. The molecule has 0 aromatic heterocycles. The lowest BCUT2D eigenvalue weighted by atomic mass is 10.0. The Hall–Kier alpha value is -1.92. The number of β-amino-alcohol motifs (C(OH)–C–C–N with tert-alkyl or cyclic N) is 1. The minimum atomic E-state index is -0.769. The van der Waals surface area contributed by atoms with Crippen LogP contribution in [0.5, 0.6) is 0 Å². The van der Waals surface area contributed by atoms with E-state index in [0.717, 1.165) is 5.56 Å². The zero-order valence-electron chi connectivity index (χ0n) is 13.8. The number of likely N-dealkylation sites (tertiary alicyclic amines) is 1. The Bertz CT molecular complexity index is 553. The van der Waals surface area contributed by atoms with Crippen molar-refractivity contribution in [3.05, 3.63) is 35.9 Å². The predicted octanol–water partition coefficient (Wildman–Crippen LogP) is 1.67. The van der Waals surface area contributed by atoms with Crippen molar-refractivity contribution in [2.24, 2.45) is 0 Å². The Kier molecular flexibility index (Phi) is 5.38. The number of amides is 2. The number of nitrogens with one attached hydrogen (secondary N) is 1. The largest absolute Gasteiger partial charge is 0.444 e. The van der Waals surface area contributed by atoms with Crippen LogP contribution in [-0.4, -0.2) is 46.2 Å². The molecule has 2 atom stereocenters. The van der Waals surface area contributed by atoms with Crippen LogP contribution in [-0.2, 0) is 16.1 Å². The van der Waals surface area contributed by atoms with Gasteiger partial charge in [-0.15, -0.1) is 0 Å². The molecule has 126 valence electrons. The second kappa shape index (κ2) is 7.10. The molecule has 0 aliphatic carbocycles. The molecule has 6 nitrogen and oxygen atoms in total. The molecule has 1 saturated heterocycles. The third kappa shape index (κ3) is 4.77. The summed E-state index contributed by atoms with van der Waals surface area (Å²) >= 11 is 0. The zero-order valence-corrected chi connectivity index (χ0v) is 13.8. The second-order valence-electron chi connectivity index (χ2n) is 6.78. The highest BCUT2D eigenvalue weighted by Gasteiger charge is 2.41. The smallest absolute Gasteiger partial charge is 0.414 e. The summed E-state index contributed by atoms with van der Waals surface area (Å²) in [6.07, 6.45) is -1.02. The summed E-state index contributed by atoms with van der Waals surface area (Å²) in [6.45, 7) is 6.44. The van der Waals surface area contributed by atoms with E-state index in [0.29, 0.717) is 13.0 Å². The van der Waals surface area contributed by atoms with Crippen LogP contribution in [0.25, 0.3) is 0 Å². The Balaban J connectivity index is 1.89. The summed E-state index contributed by atoms with van der Waals surface area (Å²) in [5.74, 6) is -0.436. The molecule has 23 heavy (non-hydrogen) atoms. The highest BCUT2D eigenvalue weighted by molar-refractivity contribution is 5.95. The Morgan fingerprint density at radius 3 is 2.57 bits per heavy atom. The number of aliphatic hydroxyl groups excluding tert-OH is 1. The van der Waals surface area contributed by atoms with Crippen molar-refractivity contribution in [1.29, 1.82) is 0 Å². The van der Waals surface area contributed by atoms with E-state index in [4.69, 9.17) is 4.74 Å². The normalized spacial score (nSPS) is 21.9. The third-order valence-electron chi connectivity index (χ3n) is 3.88. The number of nitrogens with zero attached hydrogens (tertiary/aromatic N) is 1. The molecule has 0 bridgehead atoms. The number of benzene rings is 1. The molecule has 1 aromatic rings. The summed E-state index contributed by atoms with van der Waals surface area (Å²) in [5, 5.41) is 12.1. The van der Waals surface area contributed by atoms with Crippen LogP contribution >= 0.6 is 0 Å². The van der Waals surface area contributed by atoms with Crippen molar-refractivity contribution in [3.8, 4) is 0 Å². The first-order chi connectivity index (χ1) is 10.8. The van der Waals surface area contributed by atoms with Crippen LogP contribution in [0.15, 0.2) is 30.3 Å². The number of ether oxygens (including phenoxy) is 1. The first-order valence-corrected chi connectivity index (χ1v) is 7.73. The fourth-order valence-corrected chi connectivity index (χ4v) is 2.75. The van der Waals surface area contributed by atoms with Crippen molar-refractivity contribution in [2.45, 2.75) is 51.5 Å². The number of hydrogen-bond donors (Lipinski definition) is 2. The predicted molar refractivity (Wildman–Crippen MR) is 85.6 cm³/mol. The summed E-state index contributed by atoms with van der Waals surface area (Å²) in [5.41, 5.74) is 0.579. The number of alkyl carbamates (subject to hydrolysis) is 1. The summed E-state index contributed by atoms with van der Waals surface area (Å²) in [7, 11) is 0. The molecule has 1 heterocycles. The quantitative estimate of drug-likeness (QED) is 0.886. The van der Waals surface area contributed by atoms with Gasteiger partial charge in [0.15, 0.2) is 0 Å². The maximum atomic E-state index is 12.3. The van der Waals surface area contributed by atoms with Crippen LogP contribution in [0.1, 0.15) is 32.8 Å². The van der Waals surface area contributed by atoms with Gasteiger partial charge in [0.05, 0.1) is 12.1 Å². The van der Waals surface area contributed by atoms with Gasteiger partial charge in [0.2, 0.25) is 5.91 Å². The van der Waals surface area contributed by atoms with Crippen molar-refractivity contribution in [1.82, 2.24) is 10.2 Å². The molecule has 0 unspecified atom stereocenters. The number of imide groups is 1. The SMILES string of the molecule is CC(C)(C)N1C[C@H](O)C[C@H]1C(=O)NC(=O)OCc1ccccc1. The molecule has 2 N–H and O–H groups in total. The van der Waals surface area contributed by atoms with Gasteiger partial charge in [0.1, 0.15) is 6.61 Å². The molecule has 1 aliphatic rings. The van der Waals surface area contributed by atoms with E-state index in [-0.39, 0.29) is 12.1 Å². The number of carbonyl (C=O) groups is 2. The van der Waals surface area contributed by atoms with Gasteiger partial charge >= 0.3 is 6.09 Å². The van der Waals surface area contributed by atoms with E-state index in [9.17, 15) is 14.7 Å². The molecule has 1 aromatic carbocycles. The molecule has 0 radical (unpaired) electrons. The minimum Gasteiger partial charge on any atom is -0.444 e. The third-order valence-corrected chi connectivity index (χ3v) is 3.88. The van der Waals surface area contributed by atoms with Crippen LogP contribution in [0.3, 0.4) is 0 Å². The maximum Gasteiger partial charge on any atom is 0.414 e. The van der Waals surface area contributed by atoms with E-state index in [2.05, 4.69) is 5.32 Å². The number of aliphatic hydroxyl groups is 1. The monoisotopic (exact) mass is 320 g/mol. The van der Waals surface area contributed by atoms with Gasteiger partial charge in [-0.2, -0.15) is 0 Å². The van der Waals surface area contributed by atoms with E-state index in [1.807, 2.05) is 56.0 Å². The molecular weight excluding hydrogens is 296 g/mol. The van der Waals surface area contributed by atoms with Crippen LogP contribution in [0, 0.1) is 0 Å². The first-order valence-electron chi connectivity index (χ1n) is 7.73. The number of carbonyl (C=O) groups excluding carboxylic acids is 2. The van der Waals surface area contributed by atoms with Gasteiger partial charge in [-0.05, 0) is 32.8 Å². The summed E-state index contributed by atoms with van der Waals surface area (Å²) in [4.78, 5) is 26.0. The van der Waals surface area contributed by atoms with Gasteiger partial charge in [-0.1, -0.05) is 30.3 Å². The molecule has 6 heteroatoms. The zero-order chi connectivity index (χ0) is 17.0. The van der Waals surface area contributed by atoms with Gasteiger partial charge in [-0.3, -0.25) is 15.0 Å². The topological polar surface area (TPSA) is 78.9 Å². The molecule has 0 saturated carbocycles. The highest BCUT2D eigenvalue weighted by Crippen LogP contribution is 2.26. The van der Waals surface area contributed by atoms with Crippen molar-refractivity contribution < 1.29 is 19.4 Å². The molecule has 1 fully saturated rings. The fraction of sp³-hybridized carbons (Fsp3) is 0.529. The standard InChI is InChI=1S/C17H24N2O4/c1-17(2,3)19-10-13(20)9-14(19)15(21)18-16(22)23-11-12-7-5-4-6-8-12/h4-8,13-14,20H,9-11H2,1-3H3,(H,18,21,22)/t13-,14+/m1/s1. The molecule has 1 aliphatic heterocycles. The molecule has 0 spiro atoms. The van der Waals surface area contributed by atoms with E-state index in [1.54, 1.807) is 0 Å². The van der Waals surface area contributed by atoms with Crippen molar-refractivity contribution in [3.63, 3.8) is 0 Å². The van der Waals surface area contributed by atoms with Gasteiger partial charge in [0, 0.05) is 12.1 Å². The Morgan fingerprint density at radius 2 is 1.96 bits per heavy atom. The number of hydrogen-bond acceptors (Lipinski definition) is 5. The first kappa shape index (κ1) is 17.4. The Morgan fingerprint density at radius 1 is 1.30 bits per heavy atom. The number of rotatable bonds is 3. The lowest BCUT2D eigenvalue weighted by Gasteiger charge is -2.35. The van der Waals surface area contributed by atoms with E-state index in [1.165, 1.54) is 0 Å². The molecular formula is C17H24N2O4. The van der Waals surface area contributed by atoms with Gasteiger partial charge < -0.3 is 9.84 Å². The van der Waals surface area contributed by atoms with Crippen molar-refractivity contribution in [2.75, 3.05) is 6.54 Å². The average molecular weight is 320 g/mol. The molecule has 2 amide bonds. The van der Waals surface area contributed by atoms with Gasteiger partial charge in [-0.25, -0.2) is 4.79 Å². The van der Waals surface area contributed by atoms with E-state index >= 15 is 0 Å².